The van der Waals surface area contributed by atoms with Crippen LogP contribution in [0.3, 0.4) is 0 Å². The molecule has 2 atom stereocenters. The first kappa shape index (κ1) is 12.3. The van der Waals surface area contributed by atoms with Crippen LogP contribution in [-0.2, 0) is 12.8 Å². The van der Waals surface area contributed by atoms with E-state index in [9.17, 15) is 0 Å². The Hall–Kier alpha value is -1.74. The van der Waals surface area contributed by atoms with E-state index in [4.69, 9.17) is 0 Å². The SMILES string of the molecule is CNC(c1cncnc1)C1CCc2ccccc2C1. The van der Waals surface area contributed by atoms with Gasteiger partial charge in [-0.25, -0.2) is 9.97 Å². The zero-order valence-corrected chi connectivity index (χ0v) is 11.2. The van der Waals surface area contributed by atoms with Crippen molar-refractivity contribution in [3.63, 3.8) is 0 Å². The fourth-order valence-electron chi connectivity index (χ4n) is 3.16. The predicted octanol–water partition coefficient (Wildman–Crippen LogP) is 2.54. The minimum Gasteiger partial charge on any atom is -0.313 e. The van der Waals surface area contributed by atoms with Gasteiger partial charge in [0.25, 0.3) is 0 Å². The van der Waals surface area contributed by atoms with E-state index in [1.807, 2.05) is 19.4 Å². The number of nitrogens with zero attached hydrogens (tertiary/aromatic N) is 2. The van der Waals surface area contributed by atoms with Crippen molar-refractivity contribution >= 4 is 0 Å². The second-order valence-corrected chi connectivity index (χ2v) is 5.21. The molecule has 1 heterocycles. The van der Waals surface area contributed by atoms with Gasteiger partial charge >= 0.3 is 0 Å². The Bertz CT molecular complexity index is 539. The molecule has 1 aromatic carbocycles. The monoisotopic (exact) mass is 253 g/mol. The molecule has 1 aromatic heterocycles. The van der Waals surface area contributed by atoms with Crippen molar-refractivity contribution in [3.8, 4) is 0 Å². The second-order valence-electron chi connectivity index (χ2n) is 5.21. The summed E-state index contributed by atoms with van der Waals surface area (Å²) in [4.78, 5) is 8.28. The Morgan fingerprint density at radius 2 is 1.89 bits per heavy atom. The lowest BCUT2D eigenvalue weighted by molar-refractivity contribution is 0.341. The van der Waals surface area contributed by atoms with Crippen LogP contribution in [0.1, 0.15) is 29.2 Å². The van der Waals surface area contributed by atoms with Crippen molar-refractivity contribution in [2.24, 2.45) is 5.92 Å². The molecule has 1 N–H and O–H groups in total. The Morgan fingerprint density at radius 3 is 2.63 bits per heavy atom. The highest BCUT2D eigenvalue weighted by Crippen LogP contribution is 2.33. The third-order valence-corrected chi connectivity index (χ3v) is 4.11. The number of benzene rings is 1. The molecule has 0 aliphatic heterocycles. The summed E-state index contributed by atoms with van der Waals surface area (Å²) in [6.07, 6.45) is 8.97. The van der Waals surface area contributed by atoms with Crippen molar-refractivity contribution in [3.05, 3.63) is 59.7 Å². The van der Waals surface area contributed by atoms with Gasteiger partial charge in [-0.2, -0.15) is 0 Å². The number of hydrogen-bond acceptors (Lipinski definition) is 3. The highest BCUT2D eigenvalue weighted by Gasteiger charge is 2.26. The Balaban J connectivity index is 1.83. The molecule has 0 fully saturated rings. The van der Waals surface area contributed by atoms with Crippen molar-refractivity contribution in [2.45, 2.75) is 25.3 Å². The summed E-state index contributed by atoms with van der Waals surface area (Å²) in [7, 11) is 2.03. The van der Waals surface area contributed by atoms with E-state index in [1.165, 1.54) is 29.5 Å². The molecule has 2 aromatic rings. The van der Waals surface area contributed by atoms with Crippen molar-refractivity contribution in [1.29, 1.82) is 0 Å². The standard InChI is InChI=1S/C16H19N3/c1-17-16(15-9-18-11-19-10-15)14-7-6-12-4-2-3-5-13(12)8-14/h2-5,9-11,14,16-17H,6-8H2,1H3. The van der Waals surface area contributed by atoms with Crippen LogP contribution in [0.15, 0.2) is 43.0 Å². The largest absolute Gasteiger partial charge is 0.313 e. The molecule has 0 radical (unpaired) electrons. The average molecular weight is 253 g/mol. The maximum absolute atomic E-state index is 4.14. The van der Waals surface area contributed by atoms with Gasteiger partial charge in [-0.15, -0.1) is 0 Å². The summed E-state index contributed by atoms with van der Waals surface area (Å²) in [5, 5.41) is 3.44. The van der Waals surface area contributed by atoms with Crippen LogP contribution in [0.4, 0.5) is 0 Å². The highest BCUT2D eigenvalue weighted by molar-refractivity contribution is 5.30. The van der Waals surface area contributed by atoms with Crippen molar-refractivity contribution in [1.82, 2.24) is 15.3 Å². The molecule has 0 spiro atoms. The van der Waals surface area contributed by atoms with Crippen LogP contribution in [0, 0.1) is 5.92 Å². The maximum Gasteiger partial charge on any atom is 0.115 e. The van der Waals surface area contributed by atoms with Crippen LogP contribution in [-0.4, -0.2) is 17.0 Å². The minimum atomic E-state index is 0.342. The van der Waals surface area contributed by atoms with Gasteiger partial charge in [-0.05, 0) is 43.4 Å². The fraction of sp³-hybridized carbons (Fsp3) is 0.375. The molecule has 0 saturated carbocycles. The van der Waals surface area contributed by atoms with Crippen LogP contribution < -0.4 is 5.32 Å². The summed E-state index contributed by atoms with van der Waals surface area (Å²) in [5.74, 6) is 0.617. The quantitative estimate of drug-likeness (QED) is 0.913. The molecule has 3 heteroatoms. The van der Waals surface area contributed by atoms with E-state index >= 15 is 0 Å². The summed E-state index contributed by atoms with van der Waals surface area (Å²) in [5.41, 5.74) is 4.20. The van der Waals surface area contributed by atoms with E-state index in [0.717, 1.165) is 6.42 Å². The highest BCUT2D eigenvalue weighted by atomic mass is 14.9. The molecule has 3 rings (SSSR count). The molecular formula is C16H19N3. The number of nitrogens with one attached hydrogen (secondary N) is 1. The molecule has 0 amide bonds. The maximum atomic E-state index is 4.14. The smallest absolute Gasteiger partial charge is 0.115 e. The molecule has 0 bridgehead atoms. The second kappa shape index (κ2) is 5.49. The number of aromatic nitrogens is 2. The van der Waals surface area contributed by atoms with Crippen LogP contribution >= 0.6 is 0 Å². The predicted molar refractivity (Wildman–Crippen MR) is 75.8 cm³/mol. The summed E-state index contributed by atoms with van der Waals surface area (Å²) < 4.78 is 0. The lowest BCUT2D eigenvalue weighted by atomic mass is 9.78. The average Bonchev–Trinajstić information content (AvgIpc) is 2.49. The van der Waals surface area contributed by atoms with Gasteiger partial charge in [0.2, 0.25) is 0 Å². The summed E-state index contributed by atoms with van der Waals surface area (Å²) >= 11 is 0. The Labute approximate surface area is 114 Å². The lowest BCUT2D eigenvalue weighted by Gasteiger charge is -2.31. The van der Waals surface area contributed by atoms with E-state index in [0.29, 0.717) is 12.0 Å². The number of hydrogen-bond donors (Lipinski definition) is 1. The third kappa shape index (κ3) is 2.51. The number of fused-ring (bicyclic) bond motifs is 1. The fourth-order valence-corrected chi connectivity index (χ4v) is 3.16. The first-order valence-corrected chi connectivity index (χ1v) is 6.87. The zero-order chi connectivity index (χ0) is 13.1. The van der Waals surface area contributed by atoms with Gasteiger partial charge in [0.05, 0.1) is 0 Å². The Morgan fingerprint density at radius 1 is 1.16 bits per heavy atom. The van der Waals surface area contributed by atoms with Gasteiger partial charge in [-0.1, -0.05) is 24.3 Å². The first-order valence-electron chi connectivity index (χ1n) is 6.87. The van der Waals surface area contributed by atoms with Crippen LogP contribution in [0.25, 0.3) is 0 Å². The molecule has 98 valence electrons. The molecule has 1 aliphatic rings. The first-order chi connectivity index (χ1) is 9.38. The molecule has 19 heavy (non-hydrogen) atoms. The van der Waals surface area contributed by atoms with E-state index in [2.05, 4.69) is 39.6 Å². The van der Waals surface area contributed by atoms with Crippen molar-refractivity contribution in [2.75, 3.05) is 7.05 Å². The van der Waals surface area contributed by atoms with Gasteiger partial charge in [0, 0.05) is 24.0 Å². The van der Waals surface area contributed by atoms with E-state index in [1.54, 1.807) is 6.33 Å². The Kier molecular flexibility index (Phi) is 3.56. The summed E-state index contributed by atoms with van der Waals surface area (Å²) in [6.45, 7) is 0. The van der Waals surface area contributed by atoms with Crippen LogP contribution in [0.2, 0.25) is 0 Å². The lowest BCUT2D eigenvalue weighted by Crippen LogP contribution is -2.29. The van der Waals surface area contributed by atoms with Gasteiger partial charge in [0.15, 0.2) is 0 Å². The topological polar surface area (TPSA) is 37.8 Å². The third-order valence-electron chi connectivity index (χ3n) is 4.11. The van der Waals surface area contributed by atoms with Gasteiger partial charge < -0.3 is 5.32 Å². The molecule has 0 saturated heterocycles. The van der Waals surface area contributed by atoms with Gasteiger partial charge in [-0.3, -0.25) is 0 Å². The van der Waals surface area contributed by atoms with E-state index in [-0.39, 0.29) is 0 Å². The zero-order valence-electron chi connectivity index (χ0n) is 11.2. The van der Waals surface area contributed by atoms with Gasteiger partial charge in [0.1, 0.15) is 6.33 Å². The van der Waals surface area contributed by atoms with E-state index < -0.39 is 0 Å². The molecular weight excluding hydrogens is 234 g/mol. The number of rotatable bonds is 3. The van der Waals surface area contributed by atoms with Crippen LogP contribution in [0.5, 0.6) is 0 Å². The molecule has 2 unspecified atom stereocenters. The number of aryl methyl sites for hydroxylation is 1. The molecule has 3 nitrogen and oxygen atoms in total. The normalized spacial score (nSPS) is 19.7. The van der Waals surface area contributed by atoms with Crippen molar-refractivity contribution < 1.29 is 0 Å². The molecule has 1 aliphatic carbocycles. The summed E-state index contributed by atoms with van der Waals surface area (Å²) in [6, 6.07) is 9.14. The minimum absolute atomic E-state index is 0.342.